The number of ketones is 1. The molecule has 1 N–H and O–H groups in total. The summed E-state index contributed by atoms with van der Waals surface area (Å²) in [6.45, 7) is 0. The van der Waals surface area contributed by atoms with Crippen LogP contribution in [0.4, 0.5) is 0 Å². The SMILES string of the molecule is O=C(CSc1cc2ccccc2[nH]1)c1ccc(Cl)cc1. The standard InChI is InChI=1S/C16H12ClNOS/c17-13-7-5-11(6-8-13)15(19)10-20-16-9-12-3-1-2-4-14(12)18-16/h1-9,18H,10H2. The van der Waals surface area contributed by atoms with Gasteiger partial charge in [-0.2, -0.15) is 0 Å². The smallest absolute Gasteiger partial charge is 0.173 e. The minimum atomic E-state index is 0.102. The van der Waals surface area contributed by atoms with Crippen LogP contribution in [0, 0.1) is 0 Å². The van der Waals surface area contributed by atoms with Crippen molar-refractivity contribution in [2.45, 2.75) is 5.03 Å². The van der Waals surface area contributed by atoms with Crippen LogP contribution in [0.3, 0.4) is 0 Å². The number of hydrogen-bond donors (Lipinski definition) is 1. The number of thioether (sulfide) groups is 1. The number of halogens is 1. The van der Waals surface area contributed by atoms with Gasteiger partial charge >= 0.3 is 0 Å². The maximum Gasteiger partial charge on any atom is 0.173 e. The minimum absolute atomic E-state index is 0.102. The van der Waals surface area contributed by atoms with Crippen molar-refractivity contribution in [2.24, 2.45) is 0 Å². The Hall–Kier alpha value is -1.71. The highest BCUT2D eigenvalue weighted by Gasteiger charge is 2.08. The molecule has 0 aliphatic carbocycles. The minimum Gasteiger partial charge on any atom is -0.350 e. The maximum atomic E-state index is 12.1. The van der Waals surface area contributed by atoms with Gasteiger partial charge < -0.3 is 4.98 Å². The summed E-state index contributed by atoms with van der Waals surface area (Å²) in [5.74, 6) is 0.513. The summed E-state index contributed by atoms with van der Waals surface area (Å²) in [6.07, 6.45) is 0. The van der Waals surface area contributed by atoms with Crippen LogP contribution < -0.4 is 0 Å². The van der Waals surface area contributed by atoms with Crippen LogP contribution in [0.15, 0.2) is 59.6 Å². The number of rotatable bonds is 4. The van der Waals surface area contributed by atoms with Crippen LogP contribution in [-0.4, -0.2) is 16.5 Å². The highest BCUT2D eigenvalue weighted by Crippen LogP contribution is 2.24. The molecule has 0 fully saturated rings. The van der Waals surface area contributed by atoms with Gasteiger partial charge in [-0.25, -0.2) is 0 Å². The summed E-state index contributed by atoms with van der Waals surface area (Å²) in [6, 6.07) is 17.1. The average Bonchev–Trinajstić information content (AvgIpc) is 2.88. The molecule has 0 unspecified atom stereocenters. The number of H-pyrrole nitrogens is 1. The molecule has 1 heterocycles. The van der Waals surface area contributed by atoms with E-state index in [2.05, 4.69) is 17.1 Å². The summed E-state index contributed by atoms with van der Waals surface area (Å²) in [7, 11) is 0. The molecule has 4 heteroatoms. The number of benzene rings is 2. The summed E-state index contributed by atoms with van der Waals surface area (Å²) >= 11 is 7.33. The predicted molar refractivity (Wildman–Crippen MR) is 84.8 cm³/mol. The molecule has 0 amide bonds. The topological polar surface area (TPSA) is 32.9 Å². The Morgan fingerprint density at radius 2 is 1.85 bits per heavy atom. The molecule has 0 spiro atoms. The molecule has 0 radical (unpaired) electrons. The van der Waals surface area contributed by atoms with Crippen LogP contribution in [0.5, 0.6) is 0 Å². The van der Waals surface area contributed by atoms with Crippen LogP contribution in [0.25, 0.3) is 10.9 Å². The van der Waals surface area contributed by atoms with Crippen molar-refractivity contribution in [3.05, 3.63) is 65.2 Å². The zero-order chi connectivity index (χ0) is 13.9. The third-order valence-corrected chi connectivity index (χ3v) is 4.22. The van der Waals surface area contributed by atoms with E-state index in [9.17, 15) is 4.79 Å². The van der Waals surface area contributed by atoms with Gasteiger partial charge in [0.25, 0.3) is 0 Å². The Morgan fingerprint density at radius 3 is 2.60 bits per heavy atom. The van der Waals surface area contributed by atoms with Gasteiger partial charge in [-0.1, -0.05) is 29.8 Å². The third-order valence-electron chi connectivity index (χ3n) is 3.03. The van der Waals surface area contributed by atoms with Crippen LogP contribution >= 0.6 is 23.4 Å². The second-order valence-corrected chi connectivity index (χ2v) is 5.89. The van der Waals surface area contributed by atoms with Crippen LogP contribution in [-0.2, 0) is 0 Å². The quantitative estimate of drug-likeness (QED) is 0.555. The highest BCUT2D eigenvalue weighted by atomic mass is 35.5. The van der Waals surface area contributed by atoms with Crippen LogP contribution in [0.2, 0.25) is 5.02 Å². The van der Waals surface area contributed by atoms with E-state index in [1.54, 1.807) is 24.3 Å². The summed E-state index contributed by atoms with van der Waals surface area (Å²) in [5.41, 5.74) is 1.78. The van der Waals surface area contributed by atoms with Gasteiger partial charge in [0.1, 0.15) is 0 Å². The summed E-state index contributed by atoms with van der Waals surface area (Å²) < 4.78 is 0. The Morgan fingerprint density at radius 1 is 1.10 bits per heavy atom. The number of fused-ring (bicyclic) bond motifs is 1. The lowest BCUT2D eigenvalue weighted by atomic mass is 10.1. The second-order valence-electron chi connectivity index (χ2n) is 4.44. The fourth-order valence-corrected chi connectivity index (χ4v) is 2.96. The molecule has 3 aromatic rings. The monoisotopic (exact) mass is 301 g/mol. The van der Waals surface area contributed by atoms with E-state index in [0.717, 1.165) is 15.9 Å². The highest BCUT2D eigenvalue weighted by molar-refractivity contribution is 7.99. The second kappa shape index (κ2) is 5.73. The number of aromatic nitrogens is 1. The lowest BCUT2D eigenvalue weighted by molar-refractivity contribution is 0.102. The zero-order valence-electron chi connectivity index (χ0n) is 10.6. The molecular weight excluding hydrogens is 290 g/mol. The molecule has 0 aliphatic rings. The third kappa shape index (κ3) is 2.89. The largest absolute Gasteiger partial charge is 0.350 e. The average molecular weight is 302 g/mol. The van der Waals surface area contributed by atoms with Gasteiger partial charge in [-0.05, 0) is 36.4 Å². The van der Waals surface area contributed by atoms with Gasteiger partial charge in [-0.3, -0.25) is 4.79 Å². The molecule has 0 saturated heterocycles. The van der Waals surface area contributed by atoms with Gasteiger partial charge in [0, 0.05) is 21.5 Å². The van der Waals surface area contributed by atoms with E-state index < -0.39 is 0 Å². The lowest BCUT2D eigenvalue weighted by Crippen LogP contribution is -2.01. The first-order valence-corrected chi connectivity index (χ1v) is 7.58. The molecule has 0 atom stereocenters. The Bertz CT molecular complexity index is 716. The van der Waals surface area contributed by atoms with E-state index >= 15 is 0 Å². The summed E-state index contributed by atoms with van der Waals surface area (Å²) in [5, 5.41) is 2.81. The summed E-state index contributed by atoms with van der Waals surface area (Å²) in [4.78, 5) is 15.4. The fraction of sp³-hybridized carbons (Fsp3) is 0.0625. The Kier molecular flexibility index (Phi) is 3.81. The van der Waals surface area contributed by atoms with Crippen molar-refractivity contribution in [1.29, 1.82) is 0 Å². The predicted octanol–water partition coefficient (Wildman–Crippen LogP) is 4.80. The van der Waals surface area contributed by atoms with E-state index in [-0.39, 0.29) is 5.78 Å². The van der Waals surface area contributed by atoms with Crippen molar-refractivity contribution in [3.63, 3.8) is 0 Å². The van der Waals surface area contributed by atoms with Gasteiger partial charge in [-0.15, -0.1) is 11.8 Å². The fourth-order valence-electron chi connectivity index (χ4n) is 1.99. The van der Waals surface area contributed by atoms with Gasteiger partial charge in [0.15, 0.2) is 5.78 Å². The zero-order valence-corrected chi connectivity index (χ0v) is 12.2. The van der Waals surface area contributed by atoms with Crippen molar-refractivity contribution >= 4 is 40.0 Å². The molecule has 0 bridgehead atoms. The number of carbonyl (C=O) groups excluding carboxylic acids is 1. The first kappa shape index (κ1) is 13.3. The van der Waals surface area contributed by atoms with E-state index in [0.29, 0.717) is 16.3 Å². The Labute approximate surface area is 126 Å². The lowest BCUT2D eigenvalue weighted by Gasteiger charge is -2.00. The Balaban J connectivity index is 1.69. The molecule has 0 saturated carbocycles. The number of para-hydroxylation sites is 1. The molecule has 20 heavy (non-hydrogen) atoms. The van der Waals surface area contributed by atoms with Gasteiger partial charge in [0.05, 0.1) is 10.8 Å². The normalized spacial score (nSPS) is 10.8. The molecule has 2 aromatic carbocycles. The molecular formula is C16H12ClNOS. The van der Waals surface area contributed by atoms with Crippen molar-refractivity contribution in [3.8, 4) is 0 Å². The van der Waals surface area contributed by atoms with Crippen molar-refractivity contribution < 1.29 is 4.79 Å². The van der Waals surface area contributed by atoms with E-state index in [1.165, 1.54) is 11.8 Å². The first-order chi connectivity index (χ1) is 9.72. The molecule has 2 nitrogen and oxygen atoms in total. The molecule has 1 aromatic heterocycles. The van der Waals surface area contributed by atoms with Gasteiger partial charge in [0.2, 0.25) is 0 Å². The molecule has 100 valence electrons. The number of aromatic amines is 1. The van der Waals surface area contributed by atoms with Crippen molar-refractivity contribution in [1.82, 2.24) is 4.98 Å². The van der Waals surface area contributed by atoms with Crippen LogP contribution in [0.1, 0.15) is 10.4 Å². The van der Waals surface area contributed by atoms with Crippen molar-refractivity contribution in [2.75, 3.05) is 5.75 Å². The molecule has 3 rings (SSSR count). The number of hydrogen-bond acceptors (Lipinski definition) is 2. The number of Topliss-reactive ketones (excluding diaryl/α,β-unsaturated/α-hetero) is 1. The number of nitrogens with one attached hydrogen (secondary N) is 1. The van der Waals surface area contributed by atoms with E-state index in [1.807, 2.05) is 18.2 Å². The maximum absolute atomic E-state index is 12.1. The van der Waals surface area contributed by atoms with E-state index in [4.69, 9.17) is 11.6 Å². The molecule has 0 aliphatic heterocycles. The first-order valence-electron chi connectivity index (χ1n) is 6.22. The number of carbonyl (C=O) groups is 1.